The molecule has 6 nitrogen and oxygen atoms in total. The van der Waals surface area contributed by atoms with Crippen LogP contribution in [0.5, 0.6) is 0 Å². The number of rotatable bonds is 5. The number of benzene rings is 3. The van der Waals surface area contributed by atoms with Crippen molar-refractivity contribution in [1.29, 1.82) is 0 Å². The summed E-state index contributed by atoms with van der Waals surface area (Å²) in [7, 11) is -3.42. The van der Waals surface area contributed by atoms with Crippen LogP contribution in [0.1, 0.15) is 18.4 Å². The Morgan fingerprint density at radius 1 is 0.970 bits per heavy atom. The van der Waals surface area contributed by atoms with Crippen LogP contribution in [0.2, 0.25) is 0 Å². The van der Waals surface area contributed by atoms with Gasteiger partial charge in [0.25, 0.3) is 0 Å². The molecule has 0 aliphatic carbocycles. The Bertz CT molecular complexity index is 1420. The van der Waals surface area contributed by atoms with Gasteiger partial charge in [0.05, 0.1) is 5.75 Å². The van der Waals surface area contributed by atoms with E-state index in [9.17, 15) is 13.2 Å². The molecule has 33 heavy (non-hydrogen) atoms. The third-order valence-corrected chi connectivity index (χ3v) is 8.51. The Morgan fingerprint density at radius 3 is 2.42 bits per heavy atom. The average molecular weight is 527 g/mol. The zero-order chi connectivity index (χ0) is 23.0. The van der Waals surface area contributed by atoms with E-state index in [0.717, 1.165) is 32.0 Å². The number of fused-ring (bicyclic) bond motifs is 3. The van der Waals surface area contributed by atoms with E-state index in [-0.39, 0.29) is 17.6 Å². The van der Waals surface area contributed by atoms with Gasteiger partial charge in [-0.05, 0) is 48.7 Å². The maximum Gasteiger partial charge on any atom is 0.227 e. The number of amides is 1. The molecular weight excluding hydrogens is 504 g/mol. The van der Waals surface area contributed by atoms with Crippen molar-refractivity contribution in [3.8, 4) is 0 Å². The summed E-state index contributed by atoms with van der Waals surface area (Å²) < 4.78 is 33.9. The number of carbonyl (C=O) groups is 1. The molecule has 4 aromatic rings. The number of hydrogen-bond acceptors (Lipinski definition) is 4. The van der Waals surface area contributed by atoms with E-state index in [1.54, 1.807) is 12.1 Å². The zero-order valence-corrected chi connectivity index (χ0v) is 20.2. The number of sulfonamides is 1. The fourth-order valence-corrected chi connectivity index (χ4v) is 6.15. The molecule has 170 valence electrons. The van der Waals surface area contributed by atoms with Crippen LogP contribution in [0.3, 0.4) is 0 Å². The molecule has 1 aromatic heterocycles. The van der Waals surface area contributed by atoms with Crippen molar-refractivity contribution in [2.75, 3.05) is 18.4 Å². The first-order valence-corrected chi connectivity index (χ1v) is 13.2. The molecule has 3 aromatic carbocycles. The monoisotopic (exact) mass is 526 g/mol. The van der Waals surface area contributed by atoms with Crippen molar-refractivity contribution in [2.24, 2.45) is 5.92 Å². The second-order valence-corrected chi connectivity index (χ2v) is 11.2. The molecule has 0 atom stereocenters. The number of para-hydroxylation sites is 1. The van der Waals surface area contributed by atoms with Gasteiger partial charge in [0, 0.05) is 46.0 Å². The summed E-state index contributed by atoms with van der Waals surface area (Å²) >= 11 is 3.36. The average Bonchev–Trinajstić information content (AvgIpc) is 3.18. The van der Waals surface area contributed by atoms with Gasteiger partial charge < -0.3 is 9.73 Å². The van der Waals surface area contributed by atoms with Crippen molar-refractivity contribution >= 4 is 59.5 Å². The molecule has 8 heteroatoms. The molecule has 1 aliphatic heterocycles. The molecule has 1 amide bonds. The number of furan rings is 1. The fourth-order valence-electron chi connectivity index (χ4n) is 4.33. The summed E-state index contributed by atoms with van der Waals surface area (Å²) in [5.74, 6) is -0.347. The largest absolute Gasteiger partial charge is 0.456 e. The number of hydrogen-bond donors (Lipinski definition) is 1. The lowest BCUT2D eigenvalue weighted by molar-refractivity contribution is -0.120. The minimum absolute atomic E-state index is 0.0331. The molecule has 0 unspecified atom stereocenters. The van der Waals surface area contributed by atoms with Gasteiger partial charge in [-0.3, -0.25) is 4.79 Å². The minimum Gasteiger partial charge on any atom is -0.456 e. The van der Waals surface area contributed by atoms with E-state index in [1.165, 1.54) is 4.31 Å². The highest BCUT2D eigenvalue weighted by Crippen LogP contribution is 2.31. The molecule has 1 fully saturated rings. The van der Waals surface area contributed by atoms with Gasteiger partial charge in [0.15, 0.2) is 0 Å². The van der Waals surface area contributed by atoms with Gasteiger partial charge in [-0.15, -0.1) is 0 Å². The van der Waals surface area contributed by atoms with Crippen LogP contribution >= 0.6 is 15.9 Å². The standard InChI is InChI=1S/C25H23BrN2O4S/c26-19-7-5-17(6-8-19)16-33(30,31)28-13-11-18(12-14-28)25(29)27-20-9-10-22-21-3-1-2-4-23(21)32-24(22)15-20/h1-10,15,18H,11-14,16H2,(H,27,29). The Morgan fingerprint density at radius 2 is 1.67 bits per heavy atom. The Kier molecular flexibility index (Phi) is 5.99. The predicted octanol–water partition coefficient (Wildman–Crippen LogP) is 5.53. The molecule has 1 aliphatic rings. The van der Waals surface area contributed by atoms with Crippen LogP contribution in [0, 0.1) is 5.92 Å². The maximum absolute atomic E-state index is 12.8. The number of nitrogens with one attached hydrogen (secondary N) is 1. The van der Waals surface area contributed by atoms with E-state index in [1.807, 2.05) is 54.6 Å². The van der Waals surface area contributed by atoms with Crippen LogP contribution in [-0.2, 0) is 20.6 Å². The summed E-state index contributed by atoms with van der Waals surface area (Å²) in [5, 5.41) is 5.03. The lowest BCUT2D eigenvalue weighted by Crippen LogP contribution is -2.41. The number of halogens is 1. The van der Waals surface area contributed by atoms with Crippen molar-refractivity contribution in [2.45, 2.75) is 18.6 Å². The predicted molar refractivity (Wildman–Crippen MR) is 133 cm³/mol. The molecule has 0 saturated carbocycles. The first kappa shape index (κ1) is 22.1. The van der Waals surface area contributed by atoms with Crippen molar-refractivity contribution < 1.29 is 17.6 Å². The normalized spacial score (nSPS) is 15.8. The third-order valence-electron chi connectivity index (χ3n) is 6.13. The van der Waals surface area contributed by atoms with E-state index < -0.39 is 10.0 Å². The van der Waals surface area contributed by atoms with Crippen molar-refractivity contribution in [1.82, 2.24) is 4.31 Å². The quantitative estimate of drug-likeness (QED) is 0.370. The Hall–Kier alpha value is -2.68. The highest BCUT2D eigenvalue weighted by molar-refractivity contribution is 9.10. The van der Waals surface area contributed by atoms with Gasteiger partial charge in [-0.1, -0.05) is 46.3 Å². The van der Waals surface area contributed by atoms with Crippen molar-refractivity contribution in [3.05, 3.63) is 76.8 Å². The SMILES string of the molecule is O=C(Nc1ccc2c(c1)oc1ccccc12)C1CCN(S(=O)(=O)Cc2ccc(Br)cc2)CC1. The zero-order valence-electron chi connectivity index (χ0n) is 17.8. The summed E-state index contributed by atoms with van der Waals surface area (Å²) in [6, 6.07) is 20.8. The van der Waals surface area contributed by atoms with Crippen LogP contribution in [0.25, 0.3) is 21.9 Å². The molecule has 5 rings (SSSR count). The molecule has 0 radical (unpaired) electrons. The first-order valence-electron chi connectivity index (χ1n) is 10.8. The minimum atomic E-state index is -3.42. The Balaban J connectivity index is 1.21. The summed E-state index contributed by atoms with van der Waals surface area (Å²) in [6.45, 7) is 0.694. The second kappa shape index (κ2) is 8.93. The van der Waals surface area contributed by atoms with Crippen LogP contribution in [0.4, 0.5) is 5.69 Å². The van der Waals surface area contributed by atoms with Crippen molar-refractivity contribution in [3.63, 3.8) is 0 Å². The van der Waals surface area contributed by atoms with E-state index in [0.29, 0.717) is 31.6 Å². The van der Waals surface area contributed by atoms with Gasteiger partial charge >= 0.3 is 0 Å². The fraction of sp³-hybridized carbons (Fsp3) is 0.240. The van der Waals surface area contributed by atoms with Gasteiger partial charge in [0.1, 0.15) is 11.2 Å². The molecular formula is C25H23BrN2O4S. The molecule has 1 N–H and O–H groups in total. The summed E-state index contributed by atoms with van der Waals surface area (Å²) in [4.78, 5) is 12.8. The number of anilines is 1. The number of piperidine rings is 1. The summed E-state index contributed by atoms with van der Waals surface area (Å²) in [6.07, 6.45) is 0.997. The van der Waals surface area contributed by atoms with E-state index in [4.69, 9.17) is 4.42 Å². The summed E-state index contributed by atoms with van der Waals surface area (Å²) in [5.41, 5.74) is 2.96. The first-order chi connectivity index (χ1) is 15.9. The number of carbonyl (C=O) groups excluding carboxylic acids is 1. The van der Waals surface area contributed by atoms with Gasteiger partial charge in [-0.2, -0.15) is 0 Å². The molecule has 0 spiro atoms. The van der Waals surface area contributed by atoms with Gasteiger partial charge in [-0.25, -0.2) is 12.7 Å². The highest BCUT2D eigenvalue weighted by Gasteiger charge is 2.31. The smallest absolute Gasteiger partial charge is 0.227 e. The molecule has 2 heterocycles. The maximum atomic E-state index is 12.8. The lowest BCUT2D eigenvalue weighted by Gasteiger charge is -2.30. The molecule has 0 bridgehead atoms. The Labute approximate surface area is 200 Å². The van der Waals surface area contributed by atoms with Crippen LogP contribution < -0.4 is 5.32 Å². The lowest BCUT2D eigenvalue weighted by atomic mass is 9.97. The number of nitrogens with zero attached hydrogens (tertiary/aromatic N) is 1. The topological polar surface area (TPSA) is 79.6 Å². The van der Waals surface area contributed by atoms with Crippen LogP contribution in [-0.4, -0.2) is 31.7 Å². The second-order valence-electron chi connectivity index (χ2n) is 8.35. The highest BCUT2D eigenvalue weighted by atomic mass is 79.9. The van der Waals surface area contributed by atoms with E-state index >= 15 is 0 Å². The van der Waals surface area contributed by atoms with E-state index in [2.05, 4.69) is 21.2 Å². The third kappa shape index (κ3) is 4.69. The van der Waals surface area contributed by atoms with Gasteiger partial charge in [0.2, 0.25) is 15.9 Å². The van der Waals surface area contributed by atoms with Crippen LogP contribution in [0.15, 0.2) is 75.6 Å². The molecule has 1 saturated heterocycles.